The first-order valence-corrected chi connectivity index (χ1v) is 8.95. The fourth-order valence-corrected chi connectivity index (χ4v) is 5.37. The summed E-state index contributed by atoms with van der Waals surface area (Å²) in [5.41, 5.74) is -0.252. The molecule has 2 aromatic rings. The highest BCUT2D eigenvalue weighted by Crippen LogP contribution is 2.53. The number of allylic oxidation sites excluding steroid dienone is 1. The molecule has 0 spiro atoms. The average Bonchev–Trinajstić information content (AvgIpc) is 3.18. The van der Waals surface area contributed by atoms with Crippen molar-refractivity contribution < 1.29 is 17.6 Å². The van der Waals surface area contributed by atoms with Crippen molar-refractivity contribution in [3.63, 3.8) is 0 Å². The molecule has 1 aliphatic heterocycles. The van der Waals surface area contributed by atoms with E-state index in [0.717, 1.165) is 6.07 Å². The number of thioether (sulfide) groups is 2. The van der Waals surface area contributed by atoms with Gasteiger partial charge in [-0.05, 0) is 6.07 Å². The van der Waals surface area contributed by atoms with E-state index >= 15 is 0 Å². The Morgan fingerprint density at radius 2 is 2.16 bits per heavy atom. The molecule has 1 aliphatic rings. The number of aromatic nitrogens is 2. The van der Waals surface area contributed by atoms with Crippen LogP contribution < -0.4 is 0 Å². The van der Waals surface area contributed by atoms with Gasteiger partial charge >= 0.3 is 6.18 Å². The van der Waals surface area contributed by atoms with E-state index in [9.17, 15) is 22.8 Å². The number of hydrogen-bond donors (Lipinski definition) is 0. The Morgan fingerprint density at radius 1 is 1.40 bits per heavy atom. The molecular weight excluding hydrogens is 374 g/mol. The Kier molecular flexibility index (Phi) is 4.84. The van der Waals surface area contributed by atoms with Crippen LogP contribution in [0.1, 0.15) is 22.1 Å². The maximum Gasteiger partial charge on any atom is 0.419 e. The zero-order chi connectivity index (χ0) is 18.2. The van der Waals surface area contributed by atoms with Crippen LogP contribution in [0.5, 0.6) is 0 Å². The van der Waals surface area contributed by atoms with E-state index in [2.05, 4.69) is 11.1 Å². The molecule has 0 saturated carbocycles. The fourth-order valence-electron chi connectivity index (χ4n) is 2.46. The standard InChI is InChI=1S/C16H11F4N3S2/c1-23-8-22-6-12(23)10(5-21)15-24-7-13(25-15)9-3-2-4-11(14(9)17)16(18,19)20/h2-4,6,8,13H,7H2,1H3/b15-10-. The quantitative estimate of drug-likeness (QED) is 0.539. The topological polar surface area (TPSA) is 41.6 Å². The molecule has 0 bridgehead atoms. The highest BCUT2D eigenvalue weighted by Gasteiger charge is 2.37. The summed E-state index contributed by atoms with van der Waals surface area (Å²) in [5.74, 6) is -0.852. The number of hydrogen-bond acceptors (Lipinski definition) is 4. The predicted molar refractivity (Wildman–Crippen MR) is 89.9 cm³/mol. The van der Waals surface area contributed by atoms with Crippen molar-refractivity contribution in [1.82, 2.24) is 9.55 Å². The van der Waals surface area contributed by atoms with E-state index in [1.807, 2.05) is 0 Å². The summed E-state index contributed by atoms with van der Waals surface area (Å²) < 4.78 is 55.3. The molecule has 130 valence electrons. The molecular formula is C16H11F4N3S2. The lowest BCUT2D eigenvalue weighted by Crippen LogP contribution is -2.10. The minimum Gasteiger partial charge on any atom is -0.333 e. The zero-order valence-electron chi connectivity index (χ0n) is 12.8. The normalized spacial score (nSPS) is 19.8. The second-order valence-electron chi connectivity index (χ2n) is 5.29. The summed E-state index contributed by atoms with van der Waals surface area (Å²) in [6.45, 7) is 0. The third-order valence-electron chi connectivity index (χ3n) is 3.68. The van der Waals surface area contributed by atoms with Gasteiger partial charge in [-0.25, -0.2) is 9.37 Å². The van der Waals surface area contributed by atoms with Gasteiger partial charge in [0.25, 0.3) is 0 Å². The Bertz CT molecular complexity index is 880. The van der Waals surface area contributed by atoms with E-state index in [1.54, 1.807) is 24.1 Å². The van der Waals surface area contributed by atoms with Gasteiger partial charge < -0.3 is 4.57 Å². The summed E-state index contributed by atoms with van der Waals surface area (Å²) in [4.78, 5) is 3.97. The van der Waals surface area contributed by atoms with E-state index < -0.39 is 22.8 Å². The smallest absolute Gasteiger partial charge is 0.333 e. The highest BCUT2D eigenvalue weighted by atomic mass is 32.2. The van der Waals surface area contributed by atoms with Gasteiger partial charge in [-0.1, -0.05) is 12.1 Å². The maximum absolute atomic E-state index is 14.3. The summed E-state index contributed by atoms with van der Waals surface area (Å²) >= 11 is 2.55. The lowest BCUT2D eigenvalue weighted by atomic mass is 10.1. The van der Waals surface area contributed by atoms with Crippen LogP contribution in [0, 0.1) is 17.1 Å². The molecule has 1 saturated heterocycles. The Labute approximate surface area is 149 Å². The Hall–Kier alpha value is -1.92. The molecule has 2 heterocycles. The number of nitrogens with zero attached hydrogens (tertiary/aromatic N) is 3. The fraction of sp³-hybridized carbons (Fsp3) is 0.250. The third-order valence-corrected chi connectivity index (χ3v) is 6.63. The first-order valence-electron chi connectivity index (χ1n) is 7.09. The summed E-state index contributed by atoms with van der Waals surface area (Å²) in [5, 5.41) is 8.96. The van der Waals surface area contributed by atoms with Gasteiger partial charge in [0.05, 0.1) is 33.6 Å². The minimum absolute atomic E-state index is 0.00428. The predicted octanol–water partition coefficient (Wildman–Crippen LogP) is 4.99. The van der Waals surface area contributed by atoms with Crippen molar-refractivity contribution in [3.05, 3.63) is 57.6 Å². The molecule has 25 heavy (non-hydrogen) atoms. The number of halogens is 4. The maximum atomic E-state index is 14.3. The van der Waals surface area contributed by atoms with Crippen molar-refractivity contribution in [1.29, 1.82) is 5.26 Å². The van der Waals surface area contributed by atoms with Crippen LogP contribution in [0.25, 0.3) is 5.57 Å². The number of aryl methyl sites for hydroxylation is 1. The van der Waals surface area contributed by atoms with Crippen molar-refractivity contribution in [2.75, 3.05) is 5.75 Å². The lowest BCUT2D eigenvalue weighted by Gasteiger charge is -2.14. The van der Waals surface area contributed by atoms with Crippen LogP contribution in [0.3, 0.4) is 0 Å². The van der Waals surface area contributed by atoms with Crippen LogP contribution in [-0.4, -0.2) is 15.3 Å². The van der Waals surface area contributed by atoms with Gasteiger partial charge in [-0.2, -0.15) is 18.4 Å². The first kappa shape index (κ1) is 17.9. The van der Waals surface area contributed by atoms with Crippen molar-refractivity contribution in [3.8, 4) is 6.07 Å². The number of benzene rings is 1. The molecule has 9 heteroatoms. The number of rotatable bonds is 2. The highest BCUT2D eigenvalue weighted by molar-refractivity contribution is 8.25. The van der Waals surface area contributed by atoms with Gasteiger partial charge in [0.2, 0.25) is 0 Å². The van der Waals surface area contributed by atoms with Crippen LogP contribution in [0.2, 0.25) is 0 Å². The molecule has 1 aromatic heterocycles. The lowest BCUT2D eigenvalue weighted by molar-refractivity contribution is -0.140. The molecule has 0 aliphatic carbocycles. The van der Waals surface area contributed by atoms with Crippen molar-refractivity contribution in [2.24, 2.45) is 7.05 Å². The van der Waals surface area contributed by atoms with Crippen LogP contribution in [-0.2, 0) is 13.2 Å². The number of alkyl halides is 3. The van der Waals surface area contributed by atoms with Crippen LogP contribution in [0.15, 0.2) is 35.0 Å². The van der Waals surface area contributed by atoms with Gasteiger partial charge in [0.1, 0.15) is 11.9 Å². The van der Waals surface area contributed by atoms with Gasteiger partial charge in [-0.15, -0.1) is 23.5 Å². The molecule has 1 atom stereocenters. The summed E-state index contributed by atoms with van der Waals surface area (Å²) in [6, 6.07) is 5.42. The summed E-state index contributed by atoms with van der Waals surface area (Å²) in [7, 11) is 1.74. The molecule has 3 rings (SSSR count). The largest absolute Gasteiger partial charge is 0.419 e. The molecule has 1 aromatic carbocycles. The summed E-state index contributed by atoms with van der Waals surface area (Å²) in [6.07, 6.45) is -1.63. The molecule has 1 unspecified atom stereocenters. The van der Waals surface area contributed by atoms with Crippen LogP contribution in [0.4, 0.5) is 17.6 Å². The second kappa shape index (κ2) is 6.77. The Morgan fingerprint density at radius 3 is 2.76 bits per heavy atom. The zero-order valence-corrected chi connectivity index (χ0v) is 14.5. The molecule has 0 amide bonds. The van der Waals surface area contributed by atoms with E-state index in [-0.39, 0.29) is 5.56 Å². The third kappa shape index (κ3) is 3.41. The number of imidazole rings is 1. The number of nitriles is 1. The first-order chi connectivity index (χ1) is 11.8. The average molecular weight is 385 g/mol. The van der Waals surface area contributed by atoms with E-state index in [0.29, 0.717) is 21.3 Å². The van der Waals surface area contributed by atoms with Gasteiger partial charge in [-0.3, -0.25) is 0 Å². The van der Waals surface area contributed by atoms with Crippen molar-refractivity contribution >= 4 is 29.1 Å². The van der Waals surface area contributed by atoms with E-state index in [1.165, 1.54) is 35.7 Å². The van der Waals surface area contributed by atoms with Crippen molar-refractivity contribution in [2.45, 2.75) is 11.4 Å². The Balaban J connectivity index is 1.95. The monoisotopic (exact) mass is 385 g/mol. The molecule has 0 radical (unpaired) electrons. The van der Waals surface area contributed by atoms with E-state index in [4.69, 9.17) is 0 Å². The SMILES string of the molecule is Cn1cncc1/C(C#N)=C1/SCC(c2cccc(C(F)(F)F)c2F)S1. The molecule has 0 N–H and O–H groups in total. The van der Waals surface area contributed by atoms with Gasteiger partial charge in [0.15, 0.2) is 0 Å². The second-order valence-corrected chi connectivity index (χ2v) is 7.79. The molecule has 1 fully saturated rings. The van der Waals surface area contributed by atoms with Gasteiger partial charge in [0, 0.05) is 23.6 Å². The molecule has 3 nitrogen and oxygen atoms in total. The van der Waals surface area contributed by atoms with Crippen LogP contribution >= 0.6 is 23.5 Å². The minimum atomic E-state index is -4.73.